The molecule has 1 aromatic rings. The van der Waals surface area contributed by atoms with Crippen molar-refractivity contribution in [3.05, 3.63) is 30.1 Å². The summed E-state index contributed by atoms with van der Waals surface area (Å²) in [4.78, 5) is 11.1. The lowest BCUT2D eigenvalue weighted by molar-refractivity contribution is 0.121. The van der Waals surface area contributed by atoms with E-state index in [0.717, 1.165) is 44.4 Å². The Morgan fingerprint density at radius 3 is 2.75 bits per heavy atom. The highest BCUT2D eigenvalue weighted by Crippen LogP contribution is 2.15. The third kappa shape index (κ3) is 7.76. The number of guanidine groups is 1. The minimum Gasteiger partial charge on any atom is -0.383 e. The standard InChI is InChI=1S/C17H29N5O.HI/c1-18-17(21-14-16-5-3-4-8-19-16)20-13-15-6-9-22(10-7-15)11-12-23-2;/h3-5,8,15H,6-7,9-14H2,1-2H3,(H2,18,20,21);1H. The summed E-state index contributed by atoms with van der Waals surface area (Å²) in [5.74, 6) is 1.56. The predicted molar refractivity (Wildman–Crippen MR) is 109 cm³/mol. The number of piperidine rings is 1. The first-order valence-electron chi connectivity index (χ1n) is 8.37. The Morgan fingerprint density at radius 1 is 1.33 bits per heavy atom. The summed E-state index contributed by atoms with van der Waals surface area (Å²) in [6.07, 6.45) is 4.27. The van der Waals surface area contributed by atoms with Gasteiger partial charge in [0, 0.05) is 33.4 Å². The molecule has 1 saturated heterocycles. The van der Waals surface area contributed by atoms with Gasteiger partial charge in [0.15, 0.2) is 5.96 Å². The van der Waals surface area contributed by atoms with Gasteiger partial charge in [-0.25, -0.2) is 0 Å². The summed E-state index contributed by atoms with van der Waals surface area (Å²) in [6.45, 7) is 5.86. The van der Waals surface area contributed by atoms with E-state index in [-0.39, 0.29) is 24.0 Å². The summed E-state index contributed by atoms with van der Waals surface area (Å²) >= 11 is 0. The summed E-state index contributed by atoms with van der Waals surface area (Å²) in [5.41, 5.74) is 1.02. The first-order valence-corrected chi connectivity index (χ1v) is 8.37. The maximum atomic E-state index is 5.15. The number of nitrogens with one attached hydrogen (secondary N) is 2. The molecule has 6 nitrogen and oxygen atoms in total. The van der Waals surface area contributed by atoms with Crippen molar-refractivity contribution in [1.29, 1.82) is 0 Å². The van der Waals surface area contributed by atoms with Crippen LogP contribution in [-0.4, -0.2) is 62.8 Å². The van der Waals surface area contributed by atoms with Gasteiger partial charge in [0.1, 0.15) is 0 Å². The molecule has 0 atom stereocenters. The molecule has 1 aliphatic heterocycles. The summed E-state index contributed by atoms with van der Waals surface area (Å²) in [6, 6.07) is 5.93. The van der Waals surface area contributed by atoms with Gasteiger partial charge < -0.3 is 20.3 Å². The number of methoxy groups -OCH3 is 1. The predicted octanol–water partition coefficient (Wildman–Crippen LogP) is 1.72. The topological polar surface area (TPSA) is 61.8 Å². The van der Waals surface area contributed by atoms with Gasteiger partial charge in [0.25, 0.3) is 0 Å². The van der Waals surface area contributed by atoms with Gasteiger partial charge in [-0.1, -0.05) is 6.07 Å². The molecule has 7 heteroatoms. The molecule has 0 aliphatic carbocycles. The Morgan fingerprint density at radius 2 is 2.12 bits per heavy atom. The number of aromatic nitrogens is 1. The SMILES string of the molecule is CN=C(NCc1ccccn1)NCC1CCN(CCOC)CC1.I. The molecule has 1 fully saturated rings. The summed E-state index contributed by atoms with van der Waals surface area (Å²) in [5, 5.41) is 6.75. The number of pyridine rings is 1. The zero-order valence-electron chi connectivity index (χ0n) is 14.7. The fourth-order valence-electron chi connectivity index (χ4n) is 2.77. The third-order valence-electron chi connectivity index (χ3n) is 4.26. The van der Waals surface area contributed by atoms with Crippen molar-refractivity contribution in [2.45, 2.75) is 19.4 Å². The molecule has 0 spiro atoms. The zero-order valence-corrected chi connectivity index (χ0v) is 17.0. The molecule has 0 aromatic carbocycles. The van der Waals surface area contributed by atoms with Crippen LogP contribution in [0.3, 0.4) is 0 Å². The van der Waals surface area contributed by atoms with E-state index in [2.05, 4.69) is 25.5 Å². The number of hydrogen-bond donors (Lipinski definition) is 2. The second-order valence-electron chi connectivity index (χ2n) is 5.91. The molecule has 1 aromatic heterocycles. The first-order chi connectivity index (χ1) is 11.3. The second-order valence-corrected chi connectivity index (χ2v) is 5.91. The van der Waals surface area contributed by atoms with Crippen molar-refractivity contribution >= 4 is 29.9 Å². The Labute approximate surface area is 162 Å². The van der Waals surface area contributed by atoms with Gasteiger partial charge in [-0.05, 0) is 44.0 Å². The van der Waals surface area contributed by atoms with Crippen LogP contribution in [-0.2, 0) is 11.3 Å². The Hall–Kier alpha value is -0.930. The molecule has 1 aliphatic rings. The first kappa shape index (κ1) is 21.1. The highest BCUT2D eigenvalue weighted by molar-refractivity contribution is 14.0. The van der Waals surface area contributed by atoms with Crippen molar-refractivity contribution < 1.29 is 4.74 Å². The van der Waals surface area contributed by atoms with Gasteiger partial charge in [0.05, 0.1) is 18.8 Å². The van der Waals surface area contributed by atoms with Crippen LogP contribution in [0.1, 0.15) is 18.5 Å². The molecular formula is C17H30IN5O. The Kier molecular flexibility index (Phi) is 10.9. The van der Waals surface area contributed by atoms with Gasteiger partial charge in [-0.15, -0.1) is 24.0 Å². The average Bonchev–Trinajstić information content (AvgIpc) is 2.62. The molecule has 24 heavy (non-hydrogen) atoms. The fraction of sp³-hybridized carbons (Fsp3) is 0.647. The van der Waals surface area contributed by atoms with Crippen molar-refractivity contribution in [2.24, 2.45) is 10.9 Å². The molecule has 0 radical (unpaired) electrons. The van der Waals surface area contributed by atoms with Crippen LogP contribution in [0.2, 0.25) is 0 Å². The molecule has 0 saturated carbocycles. The maximum Gasteiger partial charge on any atom is 0.191 e. The quantitative estimate of drug-likeness (QED) is 0.379. The van der Waals surface area contributed by atoms with E-state index in [1.807, 2.05) is 24.4 Å². The number of nitrogens with zero attached hydrogens (tertiary/aromatic N) is 3. The molecule has 0 unspecified atom stereocenters. The minimum atomic E-state index is 0. The smallest absolute Gasteiger partial charge is 0.191 e. The second kappa shape index (κ2) is 12.4. The van der Waals surface area contributed by atoms with E-state index in [9.17, 15) is 0 Å². The van der Waals surface area contributed by atoms with E-state index in [4.69, 9.17) is 4.74 Å². The number of rotatable bonds is 7. The van der Waals surface area contributed by atoms with Crippen LogP contribution >= 0.6 is 24.0 Å². The molecule has 2 heterocycles. The van der Waals surface area contributed by atoms with Crippen molar-refractivity contribution in [2.75, 3.05) is 46.9 Å². The van der Waals surface area contributed by atoms with Crippen molar-refractivity contribution in [1.82, 2.24) is 20.5 Å². The highest BCUT2D eigenvalue weighted by atomic mass is 127. The van der Waals surface area contributed by atoms with E-state index >= 15 is 0 Å². The molecule has 136 valence electrons. The maximum absolute atomic E-state index is 5.15. The fourth-order valence-corrected chi connectivity index (χ4v) is 2.77. The number of likely N-dealkylation sites (tertiary alicyclic amines) is 1. The van der Waals surface area contributed by atoms with E-state index in [1.165, 1.54) is 12.8 Å². The van der Waals surface area contributed by atoms with Gasteiger partial charge in [-0.3, -0.25) is 9.98 Å². The number of halogens is 1. The average molecular weight is 447 g/mol. The van der Waals surface area contributed by atoms with Gasteiger partial charge in [-0.2, -0.15) is 0 Å². The zero-order chi connectivity index (χ0) is 16.3. The minimum absolute atomic E-state index is 0. The number of aliphatic imine (C=N–C) groups is 1. The normalized spacial score (nSPS) is 16.5. The molecular weight excluding hydrogens is 417 g/mol. The Bertz CT molecular complexity index is 463. The van der Waals surface area contributed by atoms with E-state index in [0.29, 0.717) is 12.5 Å². The van der Waals surface area contributed by atoms with Crippen LogP contribution < -0.4 is 10.6 Å². The van der Waals surface area contributed by atoms with Gasteiger partial charge in [0.2, 0.25) is 0 Å². The molecule has 2 rings (SSSR count). The molecule has 2 N–H and O–H groups in total. The van der Waals surface area contributed by atoms with Crippen LogP contribution in [0, 0.1) is 5.92 Å². The molecule has 0 amide bonds. The third-order valence-corrected chi connectivity index (χ3v) is 4.26. The van der Waals surface area contributed by atoms with Crippen LogP contribution in [0.25, 0.3) is 0 Å². The van der Waals surface area contributed by atoms with Crippen molar-refractivity contribution in [3.8, 4) is 0 Å². The number of hydrogen-bond acceptors (Lipinski definition) is 4. The van der Waals surface area contributed by atoms with Crippen LogP contribution in [0.15, 0.2) is 29.4 Å². The van der Waals surface area contributed by atoms with E-state index < -0.39 is 0 Å². The number of ether oxygens (including phenoxy) is 1. The molecule has 0 bridgehead atoms. The van der Waals surface area contributed by atoms with Crippen LogP contribution in [0.4, 0.5) is 0 Å². The van der Waals surface area contributed by atoms with Gasteiger partial charge >= 0.3 is 0 Å². The summed E-state index contributed by atoms with van der Waals surface area (Å²) in [7, 11) is 3.57. The van der Waals surface area contributed by atoms with Crippen LogP contribution in [0.5, 0.6) is 0 Å². The lowest BCUT2D eigenvalue weighted by Gasteiger charge is -2.32. The monoisotopic (exact) mass is 447 g/mol. The largest absolute Gasteiger partial charge is 0.383 e. The Balaban J connectivity index is 0.00000288. The van der Waals surface area contributed by atoms with Crippen molar-refractivity contribution in [3.63, 3.8) is 0 Å². The lowest BCUT2D eigenvalue weighted by Crippen LogP contribution is -2.43. The lowest BCUT2D eigenvalue weighted by atomic mass is 9.97. The highest BCUT2D eigenvalue weighted by Gasteiger charge is 2.18. The summed E-state index contributed by atoms with van der Waals surface area (Å²) < 4.78 is 5.15. The van der Waals surface area contributed by atoms with E-state index in [1.54, 1.807) is 14.2 Å².